The fourth-order valence-corrected chi connectivity index (χ4v) is 2.76. The SMILES string of the molecule is CCOP(=O)(CO)N(CC)CC. The van der Waals surface area contributed by atoms with Gasteiger partial charge in [-0.15, -0.1) is 0 Å². The summed E-state index contributed by atoms with van der Waals surface area (Å²) in [6.45, 7) is 7.19. The Kier molecular flexibility index (Phi) is 5.76. The average molecular weight is 195 g/mol. The van der Waals surface area contributed by atoms with Gasteiger partial charge in [0.1, 0.15) is 6.35 Å². The van der Waals surface area contributed by atoms with Gasteiger partial charge in [-0.2, -0.15) is 0 Å². The highest BCUT2D eigenvalue weighted by molar-refractivity contribution is 7.56. The third kappa shape index (κ3) is 2.87. The van der Waals surface area contributed by atoms with E-state index in [4.69, 9.17) is 9.63 Å². The molecule has 0 aromatic heterocycles. The molecule has 12 heavy (non-hydrogen) atoms. The van der Waals surface area contributed by atoms with Crippen LogP contribution in [0.15, 0.2) is 0 Å². The highest BCUT2D eigenvalue weighted by Gasteiger charge is 2.27. The molecule has 0 aliphatic carbocycles. The molecule has 0 amide bonds. The maximum atomic E-state index is 11.8. The van der Waals surface area contributed by atoms with Gasteiger partial charge in [0.15, 0.2) is 0 Å². The van der Waals surface area contributed by atoms with Gasteiger partial charge in [0.05, 0.1) is 6.61 Å². The summed E-state index contributed by atoms with van der Waals surface area (Å²) in [5.74, 6) is 0. The number of hydrogen-bond acceptors (Lipinski definition) is 3. The van der Waals surface area contributed by atoms with Crippen LogP contribution in [0.5, 0.6) is 0 Å². The molecule has 1 unspecified atom stereocenters. The lowest BCUT2D eigenvalue weighted by molar-refractivity contribution is 0.239. The Morgan fingerprint density at radius 1 is 1.33 bits per heavy atom. The van der Waals surface area contributed by atoms with Crippen LogP contribution in [0.25, 0.3) is 0 Å². The van der Waals surface area contributed by atoms with Crippen LogP contribution in [0.2, 0.25) is 0 Å². The molecule has 0 aliphatic heterocycles. The van der Waals surface area contributed by atoms with E-state index < -0.39 is 13.9 Å². The molecule has 74 valence electrons. The van der Waals surface area contributed by atoms with Gasteiger partial charge in [-0.1, -0.05) is 13.8 Å². The predicted molar refractivity (Wildman–Crippen MR) is 49.2 cm³/mol. The zero-order valence-corrected chi connectivity index (χ0v) is 8.88. The van der Waals surface area contributed by atoms with Crippen molar-refractivity contribution in [2.24, 2.45) is 0 Å². The van der Waals surface area contributed by atoms with Crippen LogP contribution in [0.1, 0.15) is 20.8 Å². The monoisotopic (exact) mass is 195 g/mol. The maximum Gasteiger partial charge on any atom is 0.297 e. The summed E-state index contributed by atoms with van der Waals surface area (Å²) in [6, 6.07) is 0. The fraction of sp³-hybridized carbons (Fsp3) is 1.00. The Hall–Kier alpha value is 0.110. The van der Waals surface area contributed by atoms with Crippen LogP contribution in [0.3, 0.4) is 0 Å². The summed E-state index contributed by atoms with van der Waals surface area (Å²) in [5.41, 5.74) is 0. The van der Waals surface area contributed by atoms with Gasteiger partial charge in [-0.05, 0) is 6.92 Å². The Labute approximate surface area is 74.0 Å². The lowest BCUT2D eigenvalue weighted by Gasteiger charge is -2.26. The van der Waals surface area contributed by atoms with Gasteiger partial charge >= 0.3 is 0 Å². The van der Waals surface area contributed by atoms with Crippen molar-refractivity contribution in [1.82, 2.24) is 4.67 Å². The molecule has 0 rings (SSSR count). The maximum absolute atomic E-state index is 11.8. The lowest BCUT2D eigenvalue weighted by atomic mass is 10.7. The van der Waals surface area contributed by atoms with Crippen molar-refractivity contribution in [1.29, 1.82) is 0 Å². The van der Waals surface area contributed by atoms with Gasteiger partial charge in [-0.25, -0.2) is 4.67 Å². The van der Waals surface area contributed by atoms with Crippen molar-refractivity contribution >= 4 is 7.52 Å². The standard InChI is InChI=1S/C7H18NO3P/c1-4-8(5-2)12(10,7-9)11-6-3/h9H,4-7H2,1-3H3. The van der Waals surface area contributed by atoms with Crippen LogP contribution in [-0.4, -0.2) is 35.8 Å². The molecule has 1 atom stereocenters. The van der Waals surface area contributed by atoms with Crippen LogP contribution >= 0.6 is 7.52 Å². The van der Waals surface area contributed by atoms with Crippen molar-refractivity contribution < 1.29 is 14.2 Å². The number of rotatable bonds is 6. The van der Waals surface area contributed by atoms with E-state index in [9.17, 15) is 4.57 Å². The van der Waals surface area contributed by atoms with Gasteiger partial charge in [0, 0.05) is 13.1 Å². The highest BCUT2D eigenvalue weighted by Crippen LogP contribution is 2.49. The molecular weight excluding hydrogens is 177 g/mol. The second-order valence-electron chi connectivity index (χ2n) is 2.34. The van der Waals surface area contributed by atoms with Crippen molar-refractivity contribution in [3.63, 3.8) is 0 Å². The Morgan fingerprint density at radius 2 is 1.83 bits per heavy atom. The molecule has 0 aromatic rings. The minimum atomic E-state index is -2.92. The molecule has 0 bridgehead atoms. The van der Waals surface area contributed by atoms with Gasteiger partial charge in [-0.3, -0.25) is 4.57 Å². The molecule has 0 spiro atoms. The quantitative estimate of drug-likeness (QED) is 0.652. The zero-order chi connectivity index (χ0) is 9.61. The third-order valence-corrected chi connectivity index (χ3v) is 4.12. The van der Waals surface area contributed by atoms with Gasteiger partial charge in [0.2, 0.25) is 0 Å². The molecule has 0 radical (unpaired) electrons. The third-order valence-electron chi connectivity index (χ3n) is 1.67. The Bertz CT molecular complexity index is 159. The number of aliphatic hydroxyl groups is 1. The summed E-state index contributed by atoms with van der Waals surface area (Å²) in [7, 11) is -2.92. The topological polar surface area (TPSA) is 49.8 Å². The van der Waals surface area contributed by atoms with Crippen LogP contribution < -0.4 is 0 Å². The van der Waals surface area contributed by atoms with Gasteiger partial charge < -0.3 is 9.63 Å². The fourth-order valence-electron chi connectivity index (χ4n) is 1.07. The molecule has 4 nitrogen and oxygen atoms in total. The molecule has 0 saturated carbocycles. The summed E-state index contributed by atoms with van der Waals surface area (Å²) in [5, 5.41) is 8.92. The smallest absolute Gasteiger partial charge is 0.297 e. The summed E-state index contributed by atoms with van der Waals surface area (Å²) >= 11 is 0. The second kappa shape index (κ2) is 5.70. The van der Waals surface area contributed by atoms with E-state index >= 15 is 0 Å². The van der Waals surface area contributed by atoms with Crippen molar-refractivity contribution in [3.05, 3.63) is 0 Å². The molecule has 1 N–H and O–H groups in total. The number of nitrogens with zero attached hydrogens (tertiary/aromatic N) is 1. The number of aliphatic hydroxyl groups excluding tert-OH is 1. The second-order valence-corrected chi connectivity index (χ2v) is 4.72. The summed E-state index contributed by atoms with van der Waals surface area (Å²) in [4.78, 5) is 0. The van der Waals surface area contributed by atoms with Crippen molar-refractivity contribution in [2.45, 2.75) is 20.8 Å². The first-order valence-electron chi connectivity index (χ1n) is 4.24. The first kappa shape index (κ1) is 12.1. The van der Waals surface area contributed by atoms with E-state index in [2.05, 4.69) is 0 Å². The van der Waals surface area contributed by atoms with E-state index in [0.29, 0.717) is 19.7 Å². The average Bonchev–Trinajstić information content (AvgIpc) is 2.07. The minimum absolute atomic E-state index is 0.369. The van der Waals surface area contributed by atoms with E-state index in [1.165, 1.54) is 0 Å². The lowest BCUT2D eigenvalue weighted by Crippen LogP contribution is -2.22. The van der Waals surface area contributed by atoms with Crippen LogP contribution in [0, 0.1) is 0 Å². The summed E-state index contributed by atoms with van der Waals surface area (Å²) in [6.07, 6.45) is -0.400. The largest absolute Gasteiger partial charge is 0.385 e. The predicted octanol–water partition coefficient (Wildman–Crippen LogP) is 1.51. The molecule has 0 heterocycles. The van der Waals surface area contributed by atoms with E-state index in [0.717, 1.165) is 0 Å². The zero-order valence-electron chi connectivity index (χ0n) is 7.99. The molecule has 0 fully saturated rings. The highest BCUT2D eigenvalue weighted by atomic mass is 31.2. The molecular formula is C7H18NO3P. The first-order valence-corrected chi connectivity index (χ1v) is 6.00. The van der Waals surface area contributed by atoms with Crippen LogP contribution in [-0.2, 0) is 9.09 Å². The van der Waals surface area contributed by atoms with E-state index in [1.807, 2.05) is 13.8 Å². The van der Waals surface area contributed by atoms with Crippen molar-refractivity contribution in [3.8, 4) is 0 Å². The molecule has 0 saturated heterocycles. The number of hydrogen-bond donors (Lipinski definition) is 1. The Morgan fingerprint density at radius 3 is 2.08 bits per heavy atom. The molecule has 0 aromatic carbocycles. The molecule has 5 heteroatoms. The minimum Gasteiger partial charge on any atom is -0.385 e. The molecule has 0 aliphatic rings. The van der Waals surface area contributed by atoms with Gasteiger partial charge in [0.25, 0.3) is 7.52 Å². The van der Waals surface area contributed by atoms with Crippen molar-refractivity contribution in [2.75, 3.05) is 26.0 Å². The Balaban J connectivity index is 4.36. The summed E-state index contributed by atoms with van der Waals surface area (Å²) < 4.78 is 18.5. The normalized spacial score (nSPS) is 16.4. The van der Waals surface area contributed by atoms with Crippen LogP contribution in [0.4, 0.5) is 0 Å². The van der Waals surface area contributed by atoms with E-state index in [1.54, 1.807) is 11.6 Å². The first-order chi connectivity index (χ1) is 5.64. The van der Waals surface area contributed by atoms with E-state index in [-0.39, 0.29) is 0 Å².